The summed E-state index contributed by atoms with van der Waals surface area (Å²) in [5.41, 5.74) is -0.445. The van der Waals surface area contributed by atoms with Crippen LogP contribution in [0, 0.1) is 5.92 Å². The van der Waals surface area contributed by atoms with Gasteiger partial charge in [-0.15, -0.1) is 0 Å². The minimum Gasteiger partial charge on any atom is -0.444 e. The van der Waals surface area contributed by atoms with Crippen LogP contribution in [0.25, 0.3) is 0 Å². The van der Waals surface area contributed by atoms with E-state index in [9.17, 15) is 4.79 Å². The quantitative estimate of drug-likeness (QED) is 0.668. The largest absolute Gasteiger partial charge is 0.444 e. The maximum atomic E-state index is 12.2. The normalized spacial score (nSPS) is 23.4. The second-order valence-corrected chi connectivity index (χ2v) is 8.73. The molecule has 1 saturated heterocycles. The number of amides is 1. The summed E-state index contributed by atoms with van der Waals surface area (Å²) in [7, 11) is 0. The summed E-state index contributed by atoms with van der Waals surface area (Å²) < 4.78 is 6.38. The SMILES string of the molecule is CCCC1CCN(C(=O)OC(C)(C)C)C1C=C(Br)Br. The van der Waals surface area contributed by atoms with Crippen LogP contribution in [0.15, 0.2) is 9.47 Å². The first kappa shape index (κ1) is 17.0. The van der Waals surface area contributed by atoms with Gasteiger partial charge in [-0.05, 0) is 77.5 Å². The zero-order valence-corrected chi connectivity index (χ0v) is 15.3. The Morgan fingerprint density at radius 3 is 2.53 bits per heavy atom. The van der Waals surface area contributed by atoms with Gasteiger partial charge in [0.2, 0.25) is 0 Å². The molecule has 3 nitrogen and oxygen atoms in total. The fourth-order valence-electron chi connectivity index (χ4n) is 2.45. The number of halogens is 2. The van der Waals surface area contributed by atoms with Crippen LogP contribution in [0.1, 0.15) is 47.0 Å². The van der Waals surface area contributed by atoms with E-state index in [2.05, 4.69) is 44.9 Å². The molecule has 1 heterocycles. The van der Waals surface area contributed by atoms with Gasteiger partial charge < -0.3 is 9.64 Å². The lowest BCUT2D eigenvalue weighted by Crippen LogP contribution is -2.40. The smallest absolute Gasteiger partial charge is 0.410 e. The van der Waals surface area contributed by atoms with Gasteiger partial charge in [-0.3, -0.25) is 0 Å². The summed E-state index contributed by atoms with van der Waals surface area (Å²) >= 11 is 6.80. The summed E-state index contributed by atoms with van der Waals surface area (Å²) in [6.45, 7) is 8.65. The van der Waals surface area contributed by atoms with Crippen molar-refractivity contribution >= 4 is 38.0 Å². The van der Waals surface area contributed by atoms with Crippen molar-refractivity contribution in [3.63, 3.8) is 0 Å². The molecule has 1 rings (SSSR count). The van der Waals surface area contributed by atoms with Crippen LogP contribution in [0.2, 0.25) is 0 Å². The maximum absolute atomic E-state index is 12.2. The highest BCUT2D eigenvalue weighted by Crippen LogP contribution is 2.32. The number of likely N-dealkylation sites (tertiary alicyclic amines) is 1. The number of hydrogen-bond acceptors (Lipinski definition) is 2. The molecule has 0 radical (unpaired) electrons. The first-order valence-corrected chi connectivity index (χ1v) is 8.35. The predicted molar refractivity (Wildman–Crippen MR) is 85.7 cm³/mol. The maximum Gasteiger partial charge on any atom is 0.410 e. The fourth-order valence-corrected chi connectivity index (χ4v) is 3.00. The Bertz CT molecular complexity index is 346. The van der Waals surface area contributed by atoms with Gasteiger partial charge in [0.25, 0.3) is 0 Å². The zero-order chi connectivity index (χ0) is 14.6. The second kappa shape index (κ2) is 7.11. The van der Waals surface area contributed by atoms with Gasteiger partial charge in [0.05, 0.1) is 9.43 Å². The topological polar surface area (TPSA) is 29.5 Å². The van der Waals surface area contributed by atoms with Crippen LogP contribution >= 0.6 is 31.9 Å². The molecule has 1 aliphatic heterocycles. The van der Waals surface area contributed by atoms with E-state index >= 15 is 0 Å². The van der Waals surface area contributed by atoms with Crippen molar-refractivity contribution in [2.24, 2.45) is 5.92 Å². The summed E-state index contributed by atoms with van der Waals surface area (Å²) in [6.07, 6.45) is 5.15. The van der Waals surface area contributed by atoms with E-state index in [4.69, 9.17) is 4.74 Å². The molecule has 0 bridgehead atoms. The molecule has 0 saturated carbocycles. The third-order valence-electron chi connectivity index (χ3n) is 3.17. The first-order valence-electron chi connectivity index (χ1n) is 6.77. The van der Waals surface area contributed by atoms with Gasteiger partial charge in [0, 0.05) is 6.54 Å². The average molecular weight is 397 g/mol. The predicted octanol–water partition coefficient (Wildman–Crippen LogP) is 5.04. The van der Waals surface area contributed by atoms with Gasteiger partial charge >= 0.3 is 6.09 Å². The van der Waals surface area contributed by atoms with E-state index in [1.807, 2.05) is 25.7 Å². The highest BCUT2D eigenvalue weighted by Gasteiger charge is 2.37. The number of ether oxygens (including phenoxy) is 1. The Morgan fingerprint density at radius 2 is 2.05 bits per heavy atom. The third-order valence-corrected chi connectivity index (χ3v) is 3.70. The molecule has 0 aromatic heterocycles. The molecule has 0 aromatic rings. The van der Waals surface area contributed by atoms with E-state index in [1.54, 1.807) is 0 Å². The zero-order valence-electron chi connectivity index (χ0n) is 12.1. The standard InChI is InChI=1S/C14H23Br2NO2/c1-5-6-10-7-8-17(11(10)9-12(15)16)13(18)19-14(2,3)4/h9-11H,5-8H2,1-4H3. The monoisotopic (exact) mass is 395 g/mol. The summed E-state index contributed by atoms with van der Waals surface area (Å²) in [5, 5.41) is 0. The summed E-state index contributed by atoms with van der Waals surface area (Å²) in [6, 6.07) is 0.114. The molecule has 5 heteroatoms. The van der Waals surface area contributed by atoms with E-state index < -0.39 is 5.60 Å². The molecule has 0 aliphatic carbocycles. The minimum absolute atomic E-state index is 0.114. The lowest BCUT2D eigenvalue weighted by atomic mass is 9.95. The number of hydrogen-bond donors (Lipinski definition) is 0. The van der Waals surface area contributed by atoms with Crippen LogP contribution < -0.4 is 0 Å². The van der Waals surface area contributed by atoms with Gasteiger partial charge in [-0.2, -0.15) is 0 Å². The van der Waals surface area contributed by atoms with Crippen molar-refractivity contribution in [1.29, 1.82) is 0 Å². The molecule has 0 N–H and O–H groups in total. The summed E-state index contributed by atoms with van der Waals surface area (Å²) in [5.74, 6) is 0.516. The molecule has 110 valence electrons. The molecule has 2 atom stereocenters. The lowest BCUT2D eigenvalue weighted by molar-refractivity contribution is 0.0241. The molecular formula is C14H23Br2NO2. The van der Waals surface area contributed by atoms with Crippen LogP contribution in [0.5, 0.6) is 0 Å². The van der Waals surface area contributed by atoms with Crippen LogP contribution in [0.3, 0.4) is 0 Å². The number of carbonyl (C=O) groups is 1. The minimum atomic E-state index is -0.445. The van der Waals surface area contributed by atoms with Gasteiger partial charge in [-0.1, -0.05) is 13.3 Å². The molecule has 0 aromatic carbocycles. The Balaban J connectivity index is 2.81. The molecule has 1 amide bonds. The van der Waals surface area contributed by atoms with E-state index in [0.717, 1.165) is 29.2 Å². The molecule has 0 spiro atoms. The second-order valence-electron chi connectivity index (χ2n) is 5.96. The molecule has 2 unspecified atom stereocenters. The van der Waals surface area contributed by atoms with E-state index in [0.29, 0.717) is 5.92 Å². The average Bonchev–Trinajstić information content (AvgIpc) is 2.59. The van der Waals surface area contributed by atoms with Crippen molar-refractivity contribution in [2.45, 2.75) is 58.6 Å². The molecule has 19 heavy (non-hydrogen) atoms. The third kappa shape index (κ3) is 5.46. The Hall–Kier alpha value is -0.0300. The number of carbonyl (C=O) groups excluding carboxylic acids is 1. The Kier molecular flexibility index (Phi) is 6.37. The van der Waals surface area contributed by atoms with Crippen LogP contribution in [-0.4, -0.2) is 29.2 Å². The van der Waals surface area contributed by atoms with Crippen molar-refractivity contribution in [3.8, 4) is 0 Å². The Labute approximate surface area is 133 Å². The first-order chi connectivity index (χ1) is 8.74. The van der Waals surface area contributed by atoms with Gasteiger partial charge in [0.15, 0.2) is 0 Å². The molecule has 1 aliphatic rings. The highest BCUT2D eigenvalue weighted by molar-refractivity contribution is 9.28. The lowest BCUT2D eigenvalue weighted by Gasteiger charge is -2.29. The van der Waals surface area contributed by atoms with E-state index in [-0.39, 0.29) is 12.1 Å². The van der Waals surface area contributed by atoms with E-state index in [1.165, 1.54) is 0 Å². The molecular weight excluding hydrogens is 374 g/mol. The van der Waals surface area contributed by atoms with Crippen molar-refractivity contribution in [2.75, 3.05) is 6.54 Å². The molecule has 1 fully saturated rings. The highest BCUT2D eigenvalue weighted by atomic mass is 79.9. The number of rotatable bonds is 3. The van der Waals surface area contributed by atoms with Crippen molar-refractivity contribution in [1.82, 2.24) is 4.90 Å². The van der Waals surface area contributed by atoms with Gasteiger partial charge in [0.1, 0.15) is 5.60 Å². The van der Waals surface area contributed by atoms with Gasteiger partial charge in [-0.25, -0.2) is 4.79 Å². The van der Waals surface area contributed by atoms with Crippen LogP contribution in [0.4, 0.5) is 4.79 Å². The van der Waals surface area contributed by atoms with Crippen molar-refractivity contribution < 1.29 is 9.53 Å². The number of nitrogens with zero attached hydrogens (tertiary/aromatic N) is 1. The summed E-state index contributed by atoms with van der Waals surface area (Å²) in [4.78, 5) is 14.1. The fraction of sp³-hybridized carbons (Fsp3) is 0.786. The van der Waals surface area contributed by atoms with Crippen LogP contribution in [-0.2, 0) is 4.74 Å². The van der Waals surface area contributed by atoms with Crippen molar-refractivity contribution in [3.05, 3.63) is 9.47 Å². The Morgan fingerprint density at radius 1 is 1.42 bits per heavy atom.